The minimum absolute atomic E-state index is 0.554. The zero-order valence-electron chi connectivity index (χ0n) is 10.5. The second kappa shape index (κ2) is 5.36. The number of benzene rings is 1. The van der Waals surface area contributed by atoms with Crippen molar-refractivity contribution in [2.24, 2.45) is 0 Å². The molecule has 1 aromatic carbocycles. The van der Waals surface area contributed by atoms with Gasteiger partial charge in [0.2, 0.25) is 0 Å². The van der Waals surface area contributed by atoms with E-state index in [1.165, 1.54) is 24.0 Å². The van der Waals surface area contributed by atoms with Gasteiger partial charge in [0.05, 0.1) is 0 Å². The molecule has 3 nitrogen and oxygen atoms in total. The second-order valence-corrected chi connectivity index (χ2v) is 4.87. The molecule has 1 aliphatic rings. The van der Waals surface area contributed by atoms with Crippen molar-refractivity contribution < 1.29 is 0 Å². The highest BCUT2D eigenvalue weighted by Gasteiger charge is 2.20. The monoisotopic (exact) mass is 241 g/mol. The summed E-state index contributed by atoms with van der Waals surface area (Å²) in [5.74, 6) is 0. The first kappa shape index (κ1) is 11.5. The van der Waals surface area contributed by atoms with E-state index >= 15 is 0 Å². The summed E-state index contributed by atoms with van der Waals surface area (Å²) < 4.78 is 1.99. The van der Waals surface area contributed by atoms with Crippen LogP contribution in [0.3, 0.4) is 0 Å². The Morgan fingerprint density at radius 3 is 3.11 bits per heavy atom. The van der Waals surface area contributed by atoms with E-state index in [1.807, 2.05) is 23.1 Å². The summed E-state index contributed by atoms with van der Waals surface area (Å²) in [6.07, 6.45) is 7.43. The molecule has 0 fully saturated rings. The van der Waals surface area contributed by atoms with Gasteiger partial charge in [0, 0.05) is 25.0 Å². The fraction of sp³-hybridized carbons (Fsp3) is 0.400. The molecule has 1 aliphatic carbocycles. The van der Waals surface area contributed by atoms with Crippen LogP contribution in [0.5, 0.6) is 0 Å². The molecule has 1 N–H and O–H groups in total. The lowest BCUT2D eigenvalue weighted by Gasteiger charge is -2.13. The van der Waals surface area contributed by atoms with E-state index in [1.54, 1.807) is 0 Å². The van der Waals surface area contributed by atoms with Gasteiger partial charge in [-0.1, -0.05) is 24.3 Å². The van der Waals surface area contributed by atoms with E-state index in [9.17, 15) is 0 Å². The molecule has 1 aromatic heterocycles. The first-order valence-corrected chi connectivity index (χ1v) is 6.72. The number of fused-ring (bicyclic) bond motifs is 1. The molecule has 3 heteroatoms. The number of aryl methyl sites for hydroxylation is 2. The Balaban J connectivity index is 1.47. The third-order valence-corrected chi connectivity index (χ3v) is 3.65. The zero-order chi connectivity index (χ0) is 12.2. The number of aromatic nitrogens is 2. The van der Waals surface area contributed by atoms with E-state index in [0.717, 1.165) is 19.5 Å². The van der Waals surface area contributed by atoms with Crippen LogP contribution in [0.4, 0.5) is 0 Å². The van der Waals surface area contributed by atoms with Crippen LogP contribution in [0.1, 0.15) is 30.0 Å². The average Bonchev–Trinajstić information content (AvgIpc) is 3.04. The normalized spacial score (nSPS) is 17.9. The standard InChI is InChI=1S/C15H19N3/c1-2-6-14-13(5-1)7-8-15(14)16-9-3-11-18-12-4-10-17-18/h1-2,4-6,10,12,15-16H,3,7-9,11H2. The minimum Gasteiger partial charge on any atom is -0.310 e. The van der Waals surface area contributed by atoms with Crippen LogP contribution in [0.25, 0.3) is 0 Å². The summed E-state index contributed by atoms with van der Waals surface area (Å²) in [4.78, 5) is 0. The van der Waals surface area contributed by atoms with Gasteiger partial charge in [-0.3, -0.25) is 4.68 Å². The molecular weight excluding hydrogens is 222 g/mol. The third-order valence-electron chi connectivity index (χ3n) is 3.65. The van der Waals surface area contributed by atoms with E-state index in [0.29, 0.717) is 6.04 Å². The summed E-state index contributed by atoms with van der Waals surface area (Å²) in [5, 5.41) is 7.87. The number of nitrogens with one attached hydrogen (secondary N) is 1. The molecule has 1 atom stereocenters. The third kappa shape index (κ3) is 2.46. The predicted octanol–water partition coefficient (Wildman–Crippen LogP) is 2.55. The summed E-state index contributed by atoms with van der Waals surface area (Å²) in [6, 6.07) is 11.3. The molecule has 3 rings (SSSR count). The summed E-state index contributed by atoms with van der Waals surface area (Å²) in [5.41, 5.74) is 3.01. The van der Waals surface area contributed by atoms with Crippen molar-refractivity contribution in [3.8, 4) is 0 Å². The first-order valence-electron chi connectivity index (χ1n) is 6.72. The lowest BCUT2D eigenvalue weighted by Crippen LogP contribution is -2.21. The van der Waals surface area contributed by atoms with Crippen molar-refractivity contribution >= 4 is 0 Å². The van der Waals surface area contributed by atoms with Gasteiger partial charge in [-0.05, 0) is 43.0 Å². The van der Waals surface area contributed by atoms with Crippen molar-refractivity contribution in [3.63, 3.8) is 0 Å². The highest BCUT2D eigenvalue weighted by atomic mass is 15.3. The Labute approximate surface area is 108 Å². The van der Waals surface area contributed by atoms with Crippen molar-refractivity contribution in [2.75, 3.05) is 6.54 Å². The number of nitrogens with zero attached hydrogens (tertiary/aromatic N) is 2. The molecule has 18 heavy (non-hydrogen) atoms. The highest BCUT2D eigenvalue weighted by molar-refractivity contribution is 5.34. The molecule has 94 valence electrons. The van der Waals surface area contributed by atoms with Gasteiger partial charge in [0.1, 0.15) is 0 Å². The van der Waals surface area contributed by atoms with Gasteiger partial charge in [0.15, 0.2) is 0 Å². The maximum absolute atomic E-state index is 4.21. The Morgan fingerprint density at radius 1 is 1.28 bits per heavy atom. The highest BCUT2D eigenvalue weighted by Crippen LogP contribution is 2.30. The summed E-state index contributed by atoms with van der Waals surface area (Å²) in [6.45, 7) is 2.05. The number of rotatable bonds is 5. The van der Waals surface area contributed by atoms with Crippen LogP contribution in [0.2, 0.25) is 0 Å². The molecule has 0 amide bonds. The molecular formula is C15H19N3. The van der Waals surface area contributed by atoms with Gasteiger partial charge in [0.25, 0.3) is 0 Å². The first-order chi connectivity index (χ1) is 8.93. The number of hydrogen-bond donors (Lipinski definition) is 1. The quantitative estimate of drug-likeness (QED) is 0.815. The zero-order valence-corrected chi connectivity index (χ0v) is 10.5. The van der Waals surface area contributed by atoms with Gasteiger partial charge in [-0.2, -0.15) is 5.10 Å². The van der Waals surface area contributed by atoms with Crippen LogP contribution in [0.15, 0.2) is 42.7 Å². The van der Waals surface area contributed by atoms with E-state index in [-0.39, 0.29) is 0 Å². The minimum atomic E-state index is 0.554. The molecule has 0 saturated carbocycles. The molecule has 0 bridgehead atoms. The Morgan fingerprint density at radius 2 is 2.22 bits per heavy atom. The Hall–Kier alpha value is -1.61. The van der Waals surface area contributed by atoms with Crippen molar-refractivity contribution in [2.45, 2.75) is 31.8 Å². The smallest absolute Gasteiger partial charge is 0.0489 e. The van der Waals surface area contributed by atoms with Crippen LogP contribution in [-0.4, -0.2) is 16.3 Å². The Bertz CT molecular complexity index is 490. The lowest BCUT2D eigenvalue weighted by molar-refractivity contribution is 0.486. The maximum atomic E-state index is 4.21. The molecule has 0 radical (unpaired) electrons. The van der Waals surface area contributed by atoms with Crippen molar-refractivity contribution in [1.82, 2.24) is 15.1 Å². The fourth-order valence-electron chi connectivity index (χ4n) is 2.72. The van der Waals surface area contributed by atoms with Gasteiger partial charge < -0.3 is 5.32 Å². The largest absolute Gasteiger partial charge is 0.310 e. The van der Waals surface area contributed by atoms with Gasteiger partial charge in [-0.15, -0.1) is 0 Å². The SMILES string of the molecule is c1ccc2c(c1)CCC2NCCCn1cccn1. The molecule has 1 unspecified atom stereocenters. The fourth-order valence-corrected chi connectivity index (χ4v) is 2.72. The molecule has 1 heterocycles. The summed E-state index contributed by atoms with van der Waals surface area (Å²) >= 11 is 0. The summed E-state index contributed by atoms with van der Waals surface area (Å²) in [7, 11) is 0. The molecule has 0 aliphatic heterocycles. The maximum Gasteiger partial charge on any atom is 0.0489 e. The van der Waals surface area contributed by atoms with Crippen molar-refractivity contribution in [3.05, 3.63) is 53.9 Å². The van der Waals surface area contributed by atoms with E-state index in [4.69, 9.17) is 0 Å². The van der Waals surface area contributed by atoms with E-state index in [2.05, 4.69) is 34.7 Å². The van der Waals surface area contributed by atoms with Crippen LogP contribution in [0, 0.1) is 0 Å². The van der Waals surface area contributed by atoms with Gasteiger partial charge >= 0.3 is 0 Å². The number of hydrogen-bond acceptors (Lipinski definition) is 2. The molecule has 2 aromatic rings. The van der Waals surface area contributed by atoms with Gasteiger partial charge in [-0.25, -0.2) is 0 Å². The topological polar surface area (TPSA) is 29.9 Å². The molecule has 0 spiro atoms. The second-order valence-electron chi connectivity index (χ2n) is 4.87. The van der Waals surface area contributed by atoms with Crippen LogP contribution in [-0.2, 0) is 13.0 Å². The van der Waals surface area contributed by atoms with Crippen molar-refractivity contribution in [1.29, 1.82) is 0 Å². The average molecular weight is 241 g/mol. The lowest BCUT2D eigenvalue weighted by atomic mass is 10.1. The van der Waals surface area contributed by atoms with Crippen LogP contribution < -0.4 is 5.32 Å². The van der Waals surface area contributed by atoms with Crippen LogP contribution >= 0.6 is 0 Å². The van der Waals surface area contributed by atoms with E-state index < -0.39 is 0 Å². The molecule has 0 saturated heterocycles. The Kier molecular flexibility index (Phi) is 3.42. The predicted molar refractivity (Wildman–Crippen MR) is 72.4 cm³/mol.